The molecule has 0 unspecified atom stereocenters. The Hall–Kier alpha value is -1.91. The molecule has 1 amide bonds. The number of ether oxygens (including phenoxy) is 6. The third-order valence-corrected chi connectivity index (χ3v) is 7.72. The van der Waals surface area contributed by atoms with E-state index in [1.54, 1.807) is 31.4 Å². The Morgan fingerprint density at radius 1 is 1.05 bits per heavy atom. The SMILES string of the molecule is CCCCCCCOC[C@@]12O[C@@H](CCCN3CCCC3)[C@@H](OC(=O)Nc3ccc(OC)cc3)[C@@H]1OC(C)(C)O2. The van der Waals surface area contributed by atoms with Gasteiger partial charge < -0.3 is 33.3 Å². The molecule has 220 valence electrons. The molecule has 39 heavy (non-hydrogen) atoms. The molecule has 0 bridgehead atoms. The summed E-state index contributed by atoms with van der Waals surface area (Å²) < 4.78 is 36.6. The number of fused-ring (bicyclic) bond motifs is 1. The molecule has 3 aliphatic rings. The lowest BCUT2D eigenvalue weighted by atomic mass is 10.0. The summed E-state index contributed by atoms with van der Waals surface area (Å²) in [5.41, 5.74) is 0.617. The molecular weight excluding hydrogens is 500 g/mol. The lowest BCUT2D eigenvalue weighted by Gasteiger charge is -2.29. The van der Waals surface area contributed by atoms with Gasteiger partial charge in [-0.3, -0.25) is 5.32 Å². The molecule has 0 spiro atoms. The molecule has 3 heterocycles. The Bertz CT molecular complexity index is 890. The molecule has 1 aromatic rings. The third kappa shape index (κ3) is 8.30. The van der Waals surface area contributed by atoms with E-state index in [4.69, 9.17) is 28.4 Å². The quantitative estimate of drug-likeness (QED) is 0.279. The summed E-state index contributed by atoms with van der Waals surface area (Å²) in [5.74, 6) is -1.29. The highest BCUT2D eigenvalue weighted by atomic mass is 16.9. The van der Waals surface area contributed by atoms with Crippen molar-refractivity contribution in [2.24, 2.45) is 0 Å². The maximum absolute atomic E-state index is 13.0. The van der Waals surface area contributed by atoms with Crippen LogP contribution in [0, 0.1) is 0 Å². The number of hydrogen-bond acceptors (Lipinski definition) is 8. The second-order valence-corrected chi connectivity index (χ2v) is 11.4. The number of methoxy groups -OCH3 is 1. The molecule has 0 aromatic heterocycles. The minimum Gasteiger partial charge on any atom is -0.497 e. The zero-order valence-corrected chi connectivity index (χ0v) is 24.2. The largest absolute Gasteiger partial charge is 0.497 e. The van der Waals surface area contributed by atoms with Crippen LogP contribution < -0.4 is 10.1 Å². The molecule has 9 nitrogen and oxygen atoms in total. The van der Waals surface area contributed by atoms with Crippen molar-refractivity contribution in [3.63, 3.8) is 0 Å². The van der Waals surface area contributed by atoms with Crippen LogP contribution in [0.15, 0.2) is 24.3 Å². The maximum Gasteiger partial charge on any atom is 0.412 e. The highest BCUT2D eigenvalue weighted by molar-refractivity contribution is 5.84. The van der Waals surface area contributed by atoms with Crippen LogP contribution in [0.4, 0.5) is 10.5 Å². The zero-order chi connectivity index (χ0) is 27.7. The average molecular weight is 549 g/mol. The summed E-state index contributed by atoms with van der Waals surface area (Å²) in [5, 5.41) is 2.82. The number of anilines is 1. The molecule has 0 saturated carbocycles. The van der Waals surface area contributed by atoms with E-state index in [1.165, 1.54) is 32.1 Å². The van der Waals surface area contributed by atoms with Gasteiger partial charge in [0.15, 0.2) is 18.0 Å². The van der Waals surface area contributed by atoms with Gasteiger partial charge in [0.1, 0.15) is 18.5 Å². The number of nitrogens with zero attached hydrogens (tertiary/aromatic N) is 1. The normalized spacial score (nSPS) is 27.9. The Labute approximate surface area is 233 Å². The number of nitrogens with one attached hydrogen (secondary N) is 1. The molecule has 3 saturated heterocycles. The van der Waals surface area contributed by atoms with Gasteiger partial charge in [-0.1, -0.05) is 32.6 Å². The molecule has 1 N–H and O–H groups in total. The van der Waals surface area contributed by atoms with E-state index in [-0.39, 0.29) is 12.7 Å². The summed E-state index contributed by atoms with van der Waals surface area (Å²) in [6, 6.07) is 7.12. The minimum atomic E-state index is -1.11. The number of benzene rings is 1. The maximum atomic E-state index is 13.0. The molecule has 3 fully saturated rings. The Kier molecular flexibility index (Phi) is 10.9. The van der Waals surface area contributed by atoms with Crippen LogP contribution in [0.3, 0.4) is 0 Å². The standard InChI is InChI=1S/C30H48N2O7/c1-5-6-7-8-11-21-35-22-30-27(38-29(2,3)39-30)26(25(37-30)13-12-20-32-18-9-10-19-32)36-28(33)31-23-14-16-24(34-4)17-15-23/h14-17,25-27H,5-13,18-22H2,1-4H3,(H,31,33)/t25-,26+,27-,30-/m0/s1. The Balaban J connectivity index is 1.41. The molecule has 4 atom stereocenters. The monoisotopic (exact) mass is 548 g/mol. The van der Waals surface area contributed by atoms with Gasteiger partial charge in [-0.05, 0) is 89.9 Å². The molecule has 9 heteroatoms. The van der Waals surface area contributed by atoms with E-state index < -0.39 is 29.9 Å². The number of amides is 1. The fourth-order valence-electron chi connectivity index (χ4n) is 5.82. The number of carbonyl (C=O) groups excluding carboxylic acids is 1. The Morgan fingerprint density at radius 3 is 2.51 bits per heavy atom. The average Bonchev–Trinajstić information content (AvgIpc) is 3.58. The highest BCUT2D eigenvalue weighted by Crippen LogP contribution is 2.47. The van der Waals surface area contributed by atoms with E-state index >= 15 is 0 Å². The van der Waals surface area contributed by atoms with Crippen LogP contribution >= 0.6 is 0 Å². The van der Waals surface area contributed by atoms with Gasteiger partial charge in [0.25, 0.3) is 0 Å². The summed E-state index contributed by atoms with van der Waals surface area (Å²) in [4.78, 5) is 15.5. The van der Waals surface area contributed by atoms with Crippen molar-refractivity contribution in [3.8, 4) is 5.75 Å². The molecular formula is C30H48N2O7. The van der Waals surface area contributed by atoms with Crippen molar-refractivity contribution in [3.05, 3.63) is 24.3 Å². The van der Waals surface area contributed by atoms with E-state index in [1.807, 2.05) is 13.8 Å². The van der Waals surface area contributed by atoms with E-state index in [0.717, 1.165) is 45.3 Å². The fraction of sp³-hybridized carbons (Fsp3) is 0.767. The van der Waals surface area contributed by atoms with Gasteiger partial charge in [0.2, 0.25) is 5.79 Å². The molecule has 0 radical (unpaired) electrons. The molecule has 4 rings (SSSR count). The highest BCUT2D eigenvalue weighted by Gasteiger charge is 2.66. The smallest absolute Gasteiger partial charge is 0.412 e. The van der Waals surface area contributed by atoms with E-state index in [0.29, 0.717) is 18.0 Å². The van der Waals surface area contributed by atoms with Crippen molar-refractivity contribution in [2.75, 3.05) is 45.3 Å². The van der Waals surface area contributed by atoms with Crippen LogP contribution in [0.1, 0.15) is 78.6 Å². The number of carbonyl (C=O) groups is 1. The fourth-order valence-corrected chi connectivity index (χ4v) is 5.82. The minimum absolute atomic E-state index is 0.234. The van der Waals surface area contributed by atoms with Gasteiger partial charge in [-0.25, -0.2) is 4.79 Å². The van der Waals surface area contributed by atoms with Crippen LogP contribution in [0.25, 0.3) is 0 Å². The van der Waals surface area contributed by atoms with Crippen molar-refractivity contribution in [2.45, 2.75) is 108 Å². The number of unbranched alkanes of at least 4 members (excludes halogenated alkanes) is 4. The second kappa shape index (κ2) is 14.1. The van der Waals surface area contributed by atoms with Crippen LogP contribution in [0.5, 0.6) is 5.75 Å². The first-order valence-corrected chi connectivity index (χ1v) is 14.8. The van der Waals surface area contributed by atoms with Crippen molar-refractivity contribution < 1.29 is 33.2 Å². The summed E-state index contributed by atoms with van der Waals surface area (Å²) in [6.07, 6.45) is 7.88. The van der Waals surface area contributed by atoms with Crippen molar-refractivity contribution >= 4 is 11.8 Å². The Morgan fingerprint density at radius 2 is 1.79 bits per heavy atom. The summed E-state index contributed by atoms with van der Waals surface area (Å²) in [6.45, 7) is 10.1. The van der Waals surface area contributed by atoms with E-state index in [2.05, 4.69) is 17.1 Å². The number of hydrogen-bond donors (Lipinski definition) is 1. The van der Waals surface area contributed by atoms with Gasteiger partial charge in [0.05, 0.1) is 7.11 Å². The van der Waals surface area contributed by atoms with Gasteiger partial charge in [-0.2, -0.15) is 0 Å². The van der Waals surface area contributed by atoms with E-state index in [9.17, 15) is 4.79 Å². The summed E-state index contributed by atoms with van der Waals surface area (Å²) >= 11 is 0. The number of rotatable bonds is 15. The molecule has 0 aliphatic carbocycles. The van der Waals surface area contributed by atoms with Gasteiger partial charge >= 0.3 is 6.09 Å². The zero-order valence-electron chi connectivity index (χ0n) is 24.2. The molecule has 3 aliphatic heterocycles. The second-order valence-electron chi connectivity index (χ2n) is 11.4. The first kappa shape index (κ1) is 30.1. The van der Waals surface area contributed by atoms with Crippen LogP contribution in [0.2, 0.25) is 0 Å². The predicted octanol–water partition coefficient (Wildman–Crippen LogP) is 5.72. The topological polar surface area (TPSA) is 87.7 Å². The van der Waals surface area contributed by atoms with Gasteiger partial charge in [-0.15, -0.1) is 0 Å². The lowest BCUT2D eigenvalue weighted by molar-refractivity contribution is -0.278. The number of likely N-dealkylation sites (tertiary alicyclic amines) is 1. The van der Waals surface area contributed by atoms with Crippen molar-refractivity contribution in [1.29, 1.82) is 0 Å². The third-order valence-electron chi connectivity index (χ3n) is 7.72. The first-order valence-electron chi connectivity index (χ1n) is 14.8. The van der Waals surface area contributed by atoms with Crippen LogP contribution in [-0.2, 0) is 23.7 Å². The predicted molar refractivity (Wildman–Crippen MR) is 149 cm³/mol. The van der Waals surface area contributed by atoms with Gasteiger partial charge in [0, 0.05) is 12.3 Å². The lowest BCUT2D eigenvalue weighted by Crippen LogP contribution is -2.46. The summed E-state index contributed by atoms with van der Waals surface area (Å²) in [7, 11) is 1.61. The van der Waals surface area contributed by atoms with Crippen LogP contribution in [-0.4, -0.2) is 80.8 Å². The first-order chi connectivity index (χ1) is 18.8. The molecule has 1 aromatic carbocycles. The van der Waals surface area contributed by atoms with Crippen molar-refractivity contribution in [1.82, 2.24) is 4.90 Å².